The van der Waals surface area contributed by atoms with Gasteiger partial charge in [-0.1, -0.05) is 0 Å². The van der Waals surface area contributed by atoms with Crippen LogP contribution in [0.3, 0.4) is 0 Å². The number of benzene rings is 1. The molecular weight excluding hydrogens is 264 g/mol. The molecule has 21 heavy (non-hydrogen) atoms. The monoisotopic (exact) mass is 290 g/mol. The molecule has 116 valence electrons. The lowest BCUT2D eigenvalue weighted by Crippen LogP contribution is -2.37. The Hall–Kier alpha value is -1.75. The molecule has 0 saturated carbocycles. The summed E-state index contributed by atoms with van der Waals surface area (Å²) in [6, 6.07) is 5.50. The van der Waals surface area contributed by atoms with Gasteiger partial charge in [0, 0.05) is 32.2 Å². The van der Waals surface area contributed by atoms with Crippen LogP contribution in [0, 0.1) is 5.92 Å². The highest BCUT2D eigenvalue weighted by Crippen LogP contribution is 2.29. The van der Waals surface area contributed by atoms with E-state index in [0.717, 1.165) is 36.9 Å². The highest BCUT2D eigenvalue weighted by Gasteiger charge is 2.21. The Morgan fingerprint density at radius 2 is 2.05 bits per heavy atom. The van der Waals surface area contributed by atoms with Gasteiger partial charge in [-0.2, -0.15) is 0 Å². The molecule has 0 aliphatic carbocycles. The molecule has 0 unspecified atom stereocenters. The summed E-state index contributed by atoms with van der Waals surface area (Å²) in [5, 5.41) is 2.66. The van der Waals surface area contributed by atoms with Crippen LogP contribution >= 0.6 is 0 Å². The molecule has 0 radical (unpaired) electrons. The summed E-state index contributed by atoms with van der Waals surface area (Å²) in [6.07, 6.45) is 2.34. The van der Waals surface area contributed by atoms with Gasteiger partial charge in [-0.15, -0.1) is 0 Å². The second kappa shape index (κ2) is 6.80. The number of nitrogens with two attached hydrogens (primary N) is 1. The summed E-state index contributed by atoms with van der Waals surface area (Å²) in [6.45, 7) is 3.14. The molecule has 0 aromatic heterocycles. The van der Waals surface area contributed by atoms with Gasteiger partial charge in [-0.3, -0.25) is 4.79 Å². The largest absolute Gasteiger partial charge is 0.397 e. The lowest BCUT2D eigenvalue weighted by molar-refractivity contribution is 0.0963. The van der Waals surface area contributed by atoms with Crippen molar-refractivity contribution in [2.75, 3.05) is 51.4 Å². The molecule has 1 saturated heterocycles. The molecule has 3 N–H and O–H groups in total. The van der Waals surface area contributed by atoms with Crippen molar-refractivity contribution in [3.8, 4) is 0 Å². The lowest BCUT2D eigenvalue weighted by atomic mass is 9.95. The number of amides is 1. The van der Waals surface area contributed by atoms with Crippen molar-refractivity contribution in [2.45, 2.75) is 12.8 Å². The number of hydrogen-bond acceptors (Lipinski definition) is 4. The Bertz CT molecular complexity index is 493. The average Bonchev–Trinajstić information content (AvgIpc) is 2.47. The Morgan fingerprint density at radius 3 is 2.62 bits per heavy atom. The van der Waals surface area contributed by atoms with E-state index < -0.39 is 0 Å². The summed E-state index contributed by atoms with van der Waals surface area (Å²) < 4.78 is 0. The van der Waals surface area contributed by atoms with Crippen molar-refractivity contribution in [3.63, 3.8) is 0 Å². The molecule has 0 bridgehead atoms. The van der Waals surface area contributed by atoms with E-state index in [4.69, 9.17) is 5.73 Å². The van der Waals surface area contributed by atoms with E-state index in [1.165, 1.54) is 12.8 Å². The molecule has 1 aliphatic rings. The molecule has 1 aromatic carbocycles. The number of rotatable bonds is 4. The van der Waals surface area contributed by atoms with Gasteiger partial charge in [0.05, 0.1) is 11.4 Å². The van der Waals surface area contributed by atoms with Gasteiger partial charge in [-0.05, 0) is 51.1 Å². The van der Waals surface area contributed by atoms with E-state index in [-0.39, 0.29) is 5.91 Å². The first-order valence-corrected chi connectivity index (χ1v) is 7.52. The lowest BCUT2D eigenvalue weighted by Gasteiger charge is -2.35. The number of nitrogen functional groups attached to an aromatic ring is 1. The highest BCUT2D eigenvalue weighted by molar-refractivity contribution is 5.96. The Balaban J connectivity index is 2.07. The third kappa shape index (κ3) is 3.88. The minimum absolute atomic E-state index is 0.0706. The van der Waals surface area contributed by atoms with Crippen LogP contribution in [-0.2, 0) is 0 Å². The molecule has 1 fully saturated rings. The molecule has 1 aromatic rings. The molecule has 1 heterocycles. The van der Waals surface area contributed by atoms with Crippen LogP contribution in [0.1, 0.15) is 23.2 Å². The zero-order valence-electron chi connectivity index (χ0n) is 13.2. The predicted molar refractivity (Wildman–Crippen MR) is 87.7 cm³/mol. The minimum atomic E-state index is -0.0706. The third-order valence-corrected chi connectivity index (χ3v) is 4.10. The Labute approximate surface area is 127 Å². The fraction of sp³-hybridized carbons (Fsp3) is 0.562. The molecule has 0 atom stereocenters. The van der Waals surface area contributed by atoms with Crippen LogP contribution < -0.4 is 16.0 Å². The van der Waals surface area contributed by atoms with E-state index in [9.17, 15) is 4.79 Å². The topological polar surface area (TPSA) is 61.6 Å². The highest BCUT2D eigenvalue weighted by atomic mass is 16.1. The van der Waals surface area contributed by atoms with Crippen LogP contribution in [0.15, 0.2) is 18.2 Å². The van der Waals surface area contributed by atoms with Gasteiger partial charge in [-0.25, -0.2) is 0 Å². The number of piperidine rings is 1. The van der Waals surface area contributed by atoms with Crippen molar-refractivity contribution < 1.29 is 4.79 Å². The van der Waals surface area contributed by atoms with E-state index in [0.29, 0.717) is 5.56 Å². The second-order valence-electron chi connectivity index (χ2n) is 6.05. The fourth-order valence-electron chi connectivity index (χ4n) is 2.98. The first-order chi connectivity index (χ1) is 10.0. The van der Waals surface area contributed by atoms with Crippen molar-refractivity contribution in [1.82, 2.24) is 10.2 Å². The number of carbonyl (C=O) groups excluding carboxylic acids is 1. The van der Waals surface area contributed by atoms with Gasteiger partial charge < -0.3 is 20.9 Å². The fourth-order valence-corrected chi connectivity index (χ4v) is 2.98. The van der Waals surface area contributed by atoms with Crippen LogP contribution in [0.2, 0.25) is 0 Å². The number of hydrogen-bond donors (Lipinski definition) is 2. The van der Waals surface area contributed by atoms with Crippen molar-refractivity contribution in [3.05, 3.63) is 23.8 Å². The van der Waals surface area contributed by atoms with E-state index >= 15 is 0 Å². The third-order valence-electron chi connectivity index (χ3n) is 4.10. The number of nitrogens with one attached hydrogen (secondary N) is 1. The summed E-state index contributed by atoms with van der Waals surface area (Å²) in [4.78, 5) is 16.3. The zero-order valence-corrected chi connectivity index (χ0v) is 13.2. The maximum absolute atomic E-state index is 11.8. The first kappa shape index (κ1) is 15.6. The van der Waals surface area contributed by atoms with Crippen molar-refractivity contribution in [1.29, 1.82) is 0 Å². The number of anilines is 2. The standard InChI is InChI=1S/C16H26N4O/c1-18-16(21)13-4-5-14(17)15(10-13)20-8-6-12(7-9-20)11-19(2)3/h4-5,10,12H,6-9,11,17H2,1-3H3,(H,18,21). The summed E-state index contributed by atoms with van der Waals surface area (Å²) >= 11 is 0. The number of nitrogens with zero attached hydrogens (tertiary/aromatic N) is 2. The molecule has 2 rings (SSSR count). The summed E-state index contributed by atoms with van der Waals surface area (Å²) in [5.74, 6) is 0.679. The predicted octanol–water partition coefficient (Wildman–Crippen LogP) is 1.41. The molecular formula is C16H26N4O. The summed E-state index contributed by atoms with van der Waals surface area (Å²) in [5.41, 5.74) is 8.49. The molecule has 1 amide bonds. The maximum Gasteiger partial charge on any atom is 0.251 e. The van der Waals surface area contributed by atoms with E-state index in [2.05, 4.69) is 29.2 Å². The zero-order chi connectivity index (χ0) is 15.4. The number of carbonyl (C=O) groups is 1. The average molecular weight is 290 g/mol. The van der Waals surface area contributed by atoms with Crippen LogP contribution in [-0.4, -0.2) is 51.6 Å². The Kier molecular flexibility index (Phi) is 5.07. The maximum atomic E-state index is 11.8. The smallest absolute Gasteiger partial charge is 0.251 e. The normalized spacial score (nSPS) is 16.3. The Morgan fingerprint density at radius 1 is 1.38 bits per heavy atom. The SMILES string of the molecule is CNC(=O)c1ccc(N)c(N2CCC(CN(C)C)CC2)c1. The van der Waals surface area contributed by atoms with Crippen LogP contribution in [0.4, 0.5) is 11.4 Å². The molecule has 5 nitrogen and oxygen atoms in total. The quantitative estimate of drug-likeness (QED) is 0.823. The minimum Gasteiger partial charge on any atom is -0.397 e. The summed E-state index contributed by atoms with van der Waals surface area (Å²) in [7, 11) is 5.89. The van der Waals surface area contributed by atoms with Gasteiger partial charge >= 0.3 is 0 Å². The van der Waals surface area contributed by atoms with Gasteiger partial charge in [0.15, 0.2) is 0 Å². The first-order valence-electron chi connectivity index (χ1n) is 7.52. The molecule has 5 heteroatoms. The van der Waals surface area contributed by atoms with Crippen molar-refractivity contribution in [2.24, 2.45) is 5.92 Å². The molecule has 0 spiro atoms. The molecule has 1 aliphatic heterocycles. The van der Waals surface area contributed by atoms with Gasteiger partial charge in [0.25, 0.3) is 5.91 Å². The second-order valence-corrected chi connectivity index (χ2v) is 6.05. The van der Waals surface area contributed by atoms with Crippen molar-refractivity contribution >= 4 is 17.3 Å². The van der Waals surface area contributed by atoms with E-state index in [1.54, 1.807) is 13.1 Å². The van der Waals surface area contributed by atoms with Crippen LogP contribution in [0.5, 0.6) is 0 Å². The van der Waals surface area contributed by atoms with Gasteiger partial charge in [0.2, 0.25) is 0 Å². The van der Waals surface area contributed by atoms with E-state index in [1.807, 2.05) is 12.1 Å². The van der Waals surface area contributed by atoms with Crippen LogP contribution in [0.25, 0.3) is 0 Å². The van der Waals surface area contributed by atoms with Gasteiger partial charge in [0.1, 0.15) is 0 Å².